The number of terminal acetylenes is 2. The molecule has 0 bridgehead atoms. The van der Waals surface area contributed by atoms with Crippen LogP contribution in [-0.2, 0) is 9.47 Å². The molecule has 20 nitrogen and oxygen atoms in total. The molecule has 4 rings (SSSR count). The van der Waals surface area contributed by atoms with Crippen molar-refractivity contribution in [1.29, 1.82) is 0 Å². The Morgan fingerprint density at radius 1 is 0.575 bits per heavy atom. The fourth-order valence-electron chi connectivity index (χ4n) is 2.69. The van der Waals surface area contributed by atoms with Crippen molar-refractivity contribution in [1.82, 2.24) is 39.9 Å². The number of carboxylic acids is 4. The maximum absolute atomic E-state index is 11.4. The number of carboxylic acid groups (broad SMARTS) is 4. The average Bonchev–Trinajstić information content (AvgIpc) is 3.52. The van der Waals surface area contributed by atoms with Gasteiger partial charge in [-0.1, -0.05) is 12.8 Å². The molecule has 4 heterocycles. The number of imidazole rings is 2. The number of aromatic carboxylic acids is 4. The smallest absolute Gasteiger partial charge is 0.390 e. The Morgan fingerprint density at radius 2 is 0.925 bits per heavy atom. The van der Waals surface area contributed by atoms with E-state index in [1.807, 2.05) is 0 Å². The van der Waals surface area contributed by atoms with Crippen molar-refractivity contribution in [3.05, 3.63) is 34.7 Å². The van der Waals surface area contributed by atoms with Crippen LogP contribution in [0, 0.1) is 25.1 Å². The van der Waals surface area contributed by atoms with Gasteiger partial charge in [0.2, 0.25) is 23.3 Å². The van der Waals surface area contributed by atoms with Gasteiger partial charge in [0.1, 0.15) is 23.2 Å². The predicted molar refractivity (Wildman–Crippen MR) is 120 cm³/mol. The summed E-state index contributed by atoms with van der Waals surface area (Å²) in [5.41, 5.74) is -2.32. The summed E-state index contributed by atoms with van der Waals surface area (Å²) in [6.45, 7) is 0. The maximum Gasteiger partial charge on any atom is 0.390 e. The summed E-state index contributed by atoms with van der Waals surface area (Å²) in [6, 6.07) is 0. The number of carbonyl (C=O) groups excluding carboxylic acids is 2. The van der Waals surface area contributed by atoms with E-state index in [-0.39, 0.29) is 22.3 Å². The van der Waals surface area contributed by atoms with Gasteiger partial charge < -0.3 is 39.9 Å². The van der Waals surface area contributed by atoms with Crippen LogP contribution in [0.3, 0.4) is 0 Å². The molecule has 0 saturated carbocycles. The highest BCUT2D eigenvalue weighted by atomic mass is 16.5. The van der Waals surface area contributed by atoms with Crippen LogP contribution in [0.15, 0.2) is 0 Å². The number of aromatic amines is 2. The van der Waals surface area contributed by atoms with Crippen molar-refractivity contribution in [3.63, 3.8) is 0 Å². The number of carbonyl (C=O) groups is 6. The summed E-state index contributed by atoms with van der Waals surface area (Å²) in [4.78, 5) is 92.0. The molecule has 4 aromatic rings. The molecule has 0 saturated heterocycles. The van der Waals surface area contributed by atoms with Crippen molar-refractivity contribution in [2.24, 2.45) is 0 Å². The van der Waals surface area contributed by atoms with E-state index in [2.05, 4.69) is 49.3 Å². The van der Waals surface area contributed by atoms with Crippen molar-refractivity contribution in [3.8, 4) is 25.1 Å². The van der Waals surface area contributed by atoms with Gasteiger partial charge >= 0.3 is 35.8 Å². The number of hydrogen-bond acceptors (Lipinski definition) is 14. The molecule has 0 unspecified atom stereocenters. The van der Waals surface area contributed by atoms with Gasteiger partial charge in [0, 0.05) is 0 Å². The van der Waals surface area contributed by atoms with Crippen LogP contribution >= 0.6 is 0 Å². The third-order valence-corrected chi connectivity index (χ3v) is 4.18. The lowest BCUT2D eigenvalue weighted by molar-refractivity contribution is 0.0657. The van der Waals surface area contributed by atoms with E-state index in [0.29, 0.717) is 0 Å². The zero-order chi connectivity index (χ0) is 29.7. The van der Waals surface area contributed by atoms with E-state index in [4.69, 9.17) is 33.3 Å². The average molecular weight is 552 g/mol. The second-order valence-electron chi connectivity index (χ2n) is 6.60. The zero-order valence-electron chi connectivity index (χ0n) is 18.9. The van der Waals surface area contributed by atoms with E-state index in [1.165, 1.54) is 0 Å². The van der Waals surface area contributed by atoms with Gasteiger partial charge in [0.15, 0.2) is 22.7 Å². The van der Waals surface area contributed by atoms with Crippen LogP contribution in [0.1, 0.15) is 63.5 Å². The van der Waals surface area contributed by atoms with Gasteiger partial charge in [0.05, 0.1) is 0 Å². The molecule has 0 aliphatic rings. The normalized spacial score (nSPS) is 9.95. The molecule has 40 heavy (non-hydrogen) atoms. The van der Waals surface area contributed by atoms with Crippen LogP contribution in [0.5, 0.6) is 0 Å². The van der Waals surface area contributed by atoms with Gasteiger partial charge in [-0.05, 0) is 0 Å². The molecule has 200 valence electrons. The van der Waals surface area contributed by atoms with Crippen LogP contribution in [0.2, 0.25) is 0 Å². The maximum atomic E-state index is 11.4. The van der Waals surface area contributed by atoms with E-state index in [9.17, 15) is 28.8 Å². The second-order valence-corrected chi connectivity index (χ2v) is 6.60. The molecule has 0 radical (unpaired) electrons. The zero-order valence-corrected chi connectivity index (χ0v) is 18.9. The Labute approximate surface area is 217 Å². The predicted octanol–water partition coefficient (Wildman–Crippen LogP) is -1.01. The minimum atomic E-state index is -1.51. The largest absolute Gasteiger partial charge is 0.476 e. The first kappa shape index (κ1) is 27.6. The standard InChI is InChI=1S/2C10H4N4O6/c2*1-2-20-10(19)7-12-4(8(15)16)3-5(14-7)13-6(11-3)9(17)18/h2*1H,(H,15,16)(H,17,18)(H,11,12,13,14). The van der Waals surface area contributed by atoms with Gasteiger partial charge in [-0.3, -0.25) is 0 Å². The van der Waals surface area contributed by atoms with E-state index in [0.717, 1.165) is 0 Å². The highest BCUT2D eigenvalue weighted by Gasteiger charge is 2.24. The van der Waals surface area contributed by atoms with E-state index in [1.54, 1.807) is 12.2 Å². The molecular weight excluding hydrogens is 544 g/mol. The van der Waals surface area contributed by atoms with Gasteiger partial charge in [0.25, 0.3) is 0 Å². The number of hydrogen-bond donors (Lipinski definition) is 6. The van der Waals surface area contributed by atoms with Crippen molar-refractivity contribution in [2.75, 3.05) is 0 Å². The van der Waals surface area contributed by atoms with Crippen LogP contribution in [0.25, 0.3) is 22.3 Å². The number of rotatable bonds is 6. The first-order valence-corrected chi connectivity index (χ1v) is 9.70. The summed E-state index contributed by atoms with van der Waals surface area (Å²) >= 11 is 0. The molecule has 0 aromatic carbocycles. The molecule has 0 aliphatic carbocycles. The number of ether oxygens (including phenoxy) is 2. The number of esters is 2. The van der Waals surface area contributed by atoms with Gasteiger partial charge in [-0.2, -0.15) is 0 Å². The molecule has 0 aliphatic heterocycles. The highest BCUT2D eigenvalue weighted by Crippen LogP contribution is 2.15. The van der Waals surface area contributed by atoms with Crippen molar-refractivity contribution < 1.29 is 58.7 Å². The van der Waals surface area contributed by atoms with E-state index >= 15 is 0 Å². The number of nitrogens with one attached hydrogen (secondary N) is 2. The first-order valence-electron chi connectivity index (χ1n) is 9.70. The van der Waals surface area contributed by atoms with E-state index < -0.39 is 70.5 Å². The molecule has 0 fully saturated rings. The SMILES string of the molecule is C#COC(=O)c1nc(C(=O)O)c2[nH]c(C(=O)O)nc2n1.C#COC(=O)c1nc(C(=O)O)c2[nH]c(C(=O)O)nc2n1. The summed E-state index contributed by atoms with van der Waals surface area (Å²) < 4.78 is 8.36. The summed E-state index contributed by atoms with van der Waals surface area (Å²) in [7, 11) is 0. The molecule has 6 N–H and O–H groups in total. The molecule has 0 spiro atoms. The Hall–Kier alpha value is -6.96. The third kappa shape index (κ3) is 5.55. The Kier molecular flexibility index (Phi) is 7.58. The van der Waals surface area contributed by atoms with Crippen LogP contribution in [-0.4, -0.2) is 96.1 Å². The van der Waals surface area contributed by atoms with Crippen LogP contribution in [0.4, 0.5) is 0 Å². The summed E-state index contributed by atoms with van der Waals surface area (Å²) in [5.74, 6) is -10.5. The van der Waals surface area contributed by atoms with Crippen molar-refractivity contribution in [2.45, 2.75) is 0 Å². The molecule has 0 amide bonds. The fraction of sp³-hybridized carbons (Fsp3) is 0. The summed E-state index contributed by atoms with van der Waals surface area (Å²) in [5, 5.41) is 35.5. The number of aromatic nitrogens is 8. The number of H-pyrrole nitrogens is 2. The number of fused-ring (bicyclic) bond motifs is 2. The quantitative estimate of drug-likeness (QED) is 0.123. The molecular formula is C20H8N8O12. The molecule has 20 heteroatoms. The molecule has 4 aromatic heterocycles. The van der Waals surface area contributed by atoms with Crippen molar-refractivity contribution >= 4 is 58.1 Å². The Balaban J connectivity index is 0.000000220. The fourth-order valence-corrected chi connectivity index (χ4v) is 2.69. The Bertz CT molecular complexity index is 1710. The molecule has 0 atom stereocenters. The third-order valence-electron chi connectivity index (χ3n) is 4.18. The lowest BCUT2D eigenvalue weighted by atomic mass is 10.3. The number of nitrogens with zero attached hydrogens (tertiary/aromatic N) is 6. The lowest BCUT2D eigenvalue weighted by Gasteiger charge is -1.99. The first-order chi connectivity index (χ1) is 18.9. The highest BCUT2D eigenvalue weighted by molar-refractivity contribution is 6.02. The minimum absolute atomic E-state index is 0.229. The van der Waals surface area contributed by atoms with Gasteiger partial charge in [-0.15, -0.1) is 0 Å². The lowest BCUT2D eigenvalue weighted by Crippen LogP contribution is -2.12. The topological polar surface area (TPSA) is 311 Å². The minimum Gasteiger partial charge on any atom is -0.476 e. The van der Waals surface area contributed by atoms with Crippen LogP contribution < -0.4 is 0 Å². The second kappa shape index (κ2) is 11.0. The monoisotopic (exact) mass is 552 g/mol. The Morgan fingerprint density at radius 3 is 1.20 bits per heavy atom. The summed E-state index contributed by atoms with van der Waals surface area (Å²) in [6.07, 6.45) is 12.7. The van der Waals surface area contributed by atoms with Gasteiger partial charge in [-0.25, -0.2) is 58.7 Å².